The molecule has 0 unspecified atom stereocenters. The van der Waals surface area contributed by atoms with Gasteiger partial charge in [0.1, 0.15) is 0 Å². The Morgan fingerprint density at radius 3 is 1.88 bits per heavy atom. The Labute approximate surface area is 42.9 Å². The van der Waals surface area contributed by atoms with Crippen LogP contribution in [0.2, 0.25) is 0 Å². The SMILES string of the molecule is O[C](F)C(F)(F)CF. The lowest BCUT2D eigenvalue weighted by Crippen LogP contribution is -2.25. The molecule has 1 radical (unpaired) electrons. The molecule has 0 saturated heterocycles. The van der Waals surface area contributed by atoms with Crippen LogP contribution in [-0.2, 0) is 0 Å². The fourth-order valence-electron chi connectivity index (χ4n) is 0.0551. The van der Waals surface area contributed by atoms with Crippen molar-refractivity contribution in [3.8, 4) is 0 Å². The van der Waals surface area contributed by atoms with E-state index in [1.807, 2.05) is 0 Å². The van der Waals surface area contributed by atoms with Crippen LogP contribution in [0.3, 0.4) is 0 Å². The molecule has 0 atom stereocenters. The normalized spacial score (nSPS) is 12.8. The van der Waals surface area contributed by atoms with Crippen molar-refractivity contribution in [1.29, 1.82) is 0 Å². The predicted molar refractivity (Wildman–Crippen MR) is 17.2 cm³/mol. The lowest BCUT2D eigenvalue weighted by atomic mass is 10.4. The molecule has 0 aromatic heterocycles. The van der Waals surface area contributed by atoms with Gasteiger partial charge in [-0.2, -0.15) is 13.2 Å². The molecule has 8 heavy (non-hydrogen) atoms. The summed E-state index contributed by atoms with van der Waals surface area (Å²) in [5.41, 5.74) is 0. The summed E-state index contributed by atoms with van der Waals surface area (Å²) in [6.07, 6.45) is -2.68. The lowest BCUT2D eigenvalue weighted by molar-refractivity contribution is -0.103. The fourth-order valence-corrected chi connectivity index (χ4v) is 0.0551. The number of aliphatic hydroxyl groups excluding tert-OH is 1. The zero-order valence-electron chi connectivity index (χ0n) is 3.67. The average Bonchev–Trinajstić information content (AvgIpc) is 1.67. The van der Waals surface area contributed by atoms with Crippen LogP contribution in [0.25, 0.3) is 0 Å². The van der Waals surface area contributed by atoms with Gasteiger partial charge < -0.3 is 5.11 Å². The van der Waals surface area contributed by atoms with E-state index in [4.69, 9.17) is 5.11 Å². The van der Waals surface area contributed by atoms with Crippen LogP contribution in [-0.4, -0.2) is 17.7 Å². The summed E-state index contributed by atoms with van der Waals surface area (Å²) in [6, 6.07) is 0. The Morgan fingerprint density at radius 1 is 1.50 bits per heavy atom. The highest BCUT2D eigenvalue weighted by Crippen LogP contribution is 2.25. The van der Waals surface area contributed by atoms with Gasteiger partial charge in [0.05, 0.1) is 0 Å². The molecular weight excluding hydrogens is 128 g/mol. The van der Waals surface area contributed by atoms with E-state index in [0.29, 0.717) is 0 Å². The first-order valence-corrected chi connectivity index (χ1v) is 1.66. The van der Waals surface area contributed by atoms with Crippen molar-refractivity contribution >= 4 is 0 Å². The second-order valence-electron chi connectivity index (χ2n) is 1.13. The Bertz CT molecular complexity index is 71.7. The number of hydrogen-bond donors (Lipinski definition) is 1. The minimum absolute atomic E-state index is 2.21. The number of rotatable bonds is 2. The Morgan fingerprint density at radius 2 is 1.88 bits per heavy atom. The summed E-state index contributed by atoms with van der Waals surface area (Å²) in [5.74, 6) is -4.32. The van der Waals surface area contributed by atoms with E-state index in [0.717, 1.165) is 0 Å². The third-order valence-corrected chi connectivity index (χ3v) is 0.470. The molecule has 0 fully saturated rings. The molecule has 49 valence electrons. The van der Waals surface area contributed by atoms with Gasteiger partial charge in [-0.1, -0.05) is 0 Å². The minimum atomic E-state index is -4.32. The van der Waals surface area contributed by atoms with Gasteiger partial charge in [-0.25, -0.2) is 4.39 Å². The quantitative estimate of drug-likeness (QED) is 0.562. The van der Waals surface area contributed by atoms with Crippen molar-refractivity contribution in [3.05, 3.63) is 6.36 Å². The number of aliphatic hydroxyl groups is 1. The first-order chi connectivity index (χ1) is 3.50. The molecule has 0 aromatic carbocycles. The summed E-state index contributed by atoms with van der Waals surface area (Å²) in [7, 11) is 0. The van der Waals surface area contributed by atoms with Crippen molar-refractivity contribution < 1.29 is 22.7 Å². The Kier molecular flexibility index (Phi) is 2.21. The van der Waals surface area contributed by atoms with E-state index < -0.39 is 19.0 Å². The first-order valence-electron chi connectivity index (χ1n) is 1.66. The van der Waals surface area contributed by atoms with Crippen molar-refractivity contribution in [2.24, 2.45) is 0 Å². The molecule has 0 aromatic rings. The third kappa shape index (κ3) is 1.65. The zero-order valence-corrected chi connectivity index (χ0v) is 3.67. The van der Waals surface area contributed by atoms with Crippen molar-refractivity contribution in [1.82, 2.24) is 0 Å². The fraction of sp³-hybridized carbons (Fsp3) is 0.667. The highest BCUT2D eigenvalue weighted by Gasteiger charge is 2.41. The summed E-state index contributed by atoms with van der Waals surface area (Å²) in [5, 5.41) is 7.34. The molecule has 0 saturated carbocycles. The van der Waals surface area contributed by atoms with Crippen LogP contribution in [0.1, 0.15) is 0 Å². The molecule has 0 spiro atoms. The highest BCUT2D eigenvalue weighted by atomic mass is 19.3. The van der Waals surface area contributed by atoms with Gasteiger partial charge in [0.25, 0.3) is 0 Å². The second kappa shape index (κ2) is 2.30. The maximum atomic E-state index is 11.2. The van der Waals surface area contributed by atoms with E-state index in [9.17, 15) is 17.6 Å². The first kappa shape index (κ1) is 7.68. The molecule has 0 rings (SSSR count). The zero-order chi connectivity index (χ0) is 6.78. The standard InChI is InChI=1S/C3H3F4O/c4-1-3(6,7)2(5)8/h8H,1H2. The molecule has 0 aliphatic rings. The second-order valence-corrected chi connectivity index (χ2v) is 1.13. The van der Waals surface area contributed by atoms with Crippen LogP contribution >= 0.6 is 0 Å². The average molecular weight is 131 g/mol. The highest BCUT2D eigenvalue weighted by molar-refractivity contribution is 4.80. The molecule has 0 bridgehead atoms. The topological polar surface area (TPSA) is 20.2 Å². The molecule has 0 aliphatic heterocycles. The monoisotopic (exact) mass is 131 g/mol. The molecule has 1 N–H and O–H groups in total. The summed E-state index contributed by atoms with van der Waals surface area (Å²) in [4.78, 5) is 0. The lowest BCUT2D eigenvalue weighted by Gasteiger charge is -2.08. The largest absolute Gasteiger partial charge is 0.352 e. The number of hydrogen-bond acceptors (Lipinski definition) is 1. The predicted octanol–water partition coefficient (Wildman–Crippen LogP) is 1.42. The maximum Gasteiger partial charge on any atom is 0.339 e. The van der Waals surface area contributed by atoms with Gasteiger partial charge in [-0.3, -0.25) is 0 Å². The Balaban J connectivity index is 3.71. The van der Waals surface area contributed by atoms with Crippen molar-refractivity contribution in [2.45, 2.75) is 5.92 Å². The minimum Gasteiger partial charge on any atom is -0.352 e. The van der Waals surface area contributed by atoms with Crippen molar-refractivity contribution in [2.75, 3.05) is 6.67 Å². The van der Waals surface area contributed by atoms with Crippen LogP contribution in [0.5, 0.6) is 0 Å². The van der Waals surface area contributed by atoms with Gasteiger partial charge in [-0.15, -0.1) is 0 Å². The van der Waals surface area contributed by atoms with Crippen LogP contribution in [0, 0.1) is 6.36 Å². The molecular formula is C3H3F4O. The van der Waals surface area contributed by atoms with Gasteiger partial charge in [-0.05, 0) is 0 Å². The van der Waals surface area contributed by atoms with Gasteiger partial charge >= 0.3 is 12.3 Å². The molecule has 0 aliphatic carbocycles. The third-order valence-electron chi connectivity index (χ3n) is 0.470. The van der Waals surface area contributed by atoms with E-state index in [1.54, 1.807) is 0 Å². The van der Waals surface area contributed by atoms with Gasteiger partial charge in [0, 0.05) is 0 Å². The van der Waals surface area contributed by atoms with Crippen LogP contribution in [0.15, 0.2) is 0 Å². The summed E-state index contributed by atoms with van der Waals surface area (Å²) < 4.78 is 44.3. The van der Waals surface area contributed by atoms with E-state index in [1.165, 1.54) is 0 Å². The molecule has 1 nitrogen and oxygen atoms in total. The number of halogens is 4. The van der Waals surface area contributed by atoms with E-state index in [2.05, 4.69) is 0 Å². The van der Waals surface area contributed by atoms with Crippen LogP contribution < -0.4 is 0 Å². The van der Waals surface area contributed by atoms with E-state index in [-0.39, 0.29) is 0 Å². The molecule has 0 amide bonds. The smallest absolute Gasteiger partial charge is 0.339 e. The Hall–Kier alpha value is -0.320. The van der Waals surface area contributed by atoms with E-state index >= 15 is 0 Å². The maximum absolute atomic E-state index is 11.2. The molecule has 5 heteroatoms. The summed E-state index contributed by atoms with van der Waals surface area (Å²) in [6.45, 7) is -2.21. The van der Waals surface area contributed by atoms with Crippen molar-refractivity contribution in [3.63, 3.8) is 0 Å². The number of alkyl halides is 3. The van der Waals surface area contributed by atoms with Gasteiger partial charge in [0.15, 0.2) is 6.67 Å². The van der Waals surface area contributed by atoms with Crippen LogP contribution in [0.4, 0.5) is 17.6 Å². The van der Waals surface area contributed by atoms with Gasteiger partial charge in [0.2, 0.25) is 0 Å². The summed E-state index contributed by atoms with van der Waals surface area (Å²) >= 11 is 0. The molecule has 0 heterocycles.